The summed E-state index contributed by atoms with van der Waals surface area (Å²) < 4.78 is 12.3. The van der Waals surface area contributed by atoms with Crippen LogP contribution in [0.3, 0.4) is 0 Å². The number of halogens is 1. The molecule has 1 N–H and O–H groups in total. The van der Waals surface area contributed by atoms with E-state index in [-0.39, 0.29) is 11.9 Å². The van der Waals surface area contributed by atoms with Crippen LogP contribution in [0, 0.1) is 0 Å². The highest BCUT2D eigenvalue weighted by Crippen LogP contribution is 2.36. The fourth-order valence-electron chi connectivity index (χ4n) is 4.61. The van der Waals surface area contributed by atoms with Crippen LogP contribution < -0.4 is 5.32 Å². The van der Waals surface area contributed by atoms with Crippen molar-refractivity contribution in [3.63, 3.8) is 0 Å². The summed E-state index contributed by atoms with van der Waals surface area (Å²) in [7, 11) is 0. The van der Waals surface area contributed by atoms with Gasteiger partial charge in [-0.1, -0.05) is 34.5 Å². The van der Waals surface area contributed by atoms with E-state index in [9.17, 15) is 4.79 Å². The lowest BCUT2D eigenvalue weighted by Gasteiger charge is -2.38. The standard InChI is InChI=1S/C23H29BrN2O3/c24-19-8-6-18(7-9-19)23(10-15-28-16-11-23)22(27)25-17-20(21-5-4-14-29-21)26-12-2-1-3-13-26/h4-9,14,20H,1-3,10-13,15-17H2,(H,25,27). The van der Waals surface area contributed by atoms with Crippen LogP contribution in [-0.4, -0.2) is 43.7 Å². The van der Waals surface area contributed by atoms with Gasteiger partial charge in [-0.25, -0.2) is 0 Å². The third-order valence-electron chi connectivity index (χ3n) is 6.34. The first-order chi connectivity index (χ1) is 14.2. The maximum absolute atomic E-state index is 13.5. The summed E-state index contributed by atoms with van der Waals surface area (Å²) in [6.45, 7) is 3.87. The highest BCUT2D eigenvalue weighted by atomic mass is 79.9. The minimum absolute atomic E-state index is 0.0797. The van der Waals surface area contributed by atoms with E-state index in [4.69, 9.17) is 9.15 Å². The number of likely N-dealkylation sites (tertiary alicyclic amines) is 1. The van der Waals surface area contributed by atoms with E-state index in [0.29, 0.717) is 32.6 Å². The van der Waals surface area contributed by atoms with Gasteiger partial charge in [-0.05, 0) is 68.6 Å². The fraction of sp³-hybridized carbons (Fsp3) is 0.522. The molecule has 156 valence electrons. The largest absolute Gasteiger partial charge is 0.468 e. The molecule has 1 unspecified atom stereocenters. The van der Waals surface area contributed by atoms with E-state index in [1.54, 1.807) is 6.26 Å². The van der Waals surface area contributed by atoms with Gasteiger partial charge in [0.25, 0.3) is 0 Å². The number of hydrogen-bond acceptors (Lipinski definition) is 4. The molecule has 1 amide bonds. The van der Waals surface area contributed by atoms with Crippen LogP contribution in [0.4, 0.5) is 0 Å². The number of amides is 1. The molecule has 2 fully saturated rings. The molecule has 0 saturated carbocycles. The first kappa shape index (κ1) is 20.6. The molecular weight excluding hydrogens is 432 g/mol. The Morgan fingerprint density at radius 1 is 1.10 bits per heavy atom. The number of piperidine rings is 1. The lowest BCUT2D eigenvalue weighted by molar-refractivity contribution is -0.130. The summed E-state index contributed by atoms with van der Waals surface area (Å²) in [5, 5.41) is 3.28. The predicted octanol–water partition coefficient (Wildman–Crippen LogP) is 4.43. The van der Waals surface area contributed by atoms with Gasteiger partial charge in [0.05, 0.1) is 17.7 Å². The van der Waals surface area contributed by atoms with E-state index < -0.39 is 5.41 Å². The number of rotatable bonds is 6. The number of hydrogen-bond donors (Lipinski definition) is 1. The Kier molecular flexibility index (Phi) is 6.73. The van der Waals surface area contributed by atoms with Crippen LogP contribution in [-0.2, 0) is 14.9 Å². The molecule has 2 saturated heterocycles. The van der Waals surface area contributed by atoms with Crippen LogP contribution in [0.15, 0.2) is 51.6 Å². The lowest BCUT2D eigenvalue weighted by Crippen LogP contribution is -2.50. The molecule has 29 heavy (non-hydrogen) atoms. The Morgan fingerprint density at radius 3 is 2.48 bits per heavy atom. The van der Waals surface area contributed by atoms with Gasteiger partial charge in [-0.15, -0.1) is 0 Å². The molecule has 4 rings (SSSR count). The minimum atomic E-state index is -0.533. The number of ether oxygens (including phenoxy) is 1. The first-order valence-electron chi connectivity index (χ1n) is 10.6. The maximum Gasteiger partial charge on any atom is 0.230 e. The second kappa shape index (κ2) is 9.45. The Bertz CT molecular complexity index is 779. The van der Waals surface area contributed by atoms with Gasteiger partial charge < -0.3 is 14.5 Å². The quantitative estimate of drug-likeness (QED) is 0.692. The number of carbonyl (C=O) groups excluding carboxylic acids is 1. The Morgan fingerprint density at radius 2 is 1.83 bits per heavy atom. The number of carbonyl (C=O) groups is 1. The Hall–Kier alpha value is -1.63. The summed E-state index contributed by atoms with van der Waals surface area (Å²) in [6, 6.07) is 12.2. The van der Waals surface area contributed by atoms with Crippen LogP contribution in [0.25, 0.3) is 0 Å². The van der Waals surface area contributed by atoms with Crippen LogP contribution >= 0.6 is 15.9 Å². The molecule has 3 heterocycles. The van der Waals surface area contributed by atoms with Crippen molar-refractivity contribution in [2.75, 3.05) is 32.8 Å². The normalized spacial score (nSPS) is 20.9. The molecule has 1 aromatic carbocycles. The van der Waals surface area contributed by atoms with Gasteiger partial charge in [-0.3, -0.25) is 9.69 Å². The summed E-state index contributed by atoms with van der Waals surface area (Å²) in [4.78, 5) is 16.0. The number of benzene rings is 1. The number of furan rings is 1. The second-order valence-corrected chi connectivity index (χ2v) is 8.95. The molecule has 1 aromatic heterocycles. The van der Waals surface area contributed by atoms with Crippen LogP contribution in [0.5, 0.6) is 0 Å². The molecule has 5 nitrogen and oxygen atoms in total. The molecule has 0 bridgehead atoms. The topological polar surface area (TPSA) is 54.7 Å². The molecular formula is C23H29BrN2O3. The predicted molar refractivity (Wildman–Crippen MR) is 116 cm³/mol. The van der Waals surface area contributed by atoms with Crippen molar-refractivity contribution in [1.29, 1.82) is 0 Å². The molecule has 2 aromatic rings. The van der Waals surface area contributed by atoms with Crippen molar-refractivity contribution in [3.8, 4) is 0 Å². The summed E-state index contributed by atoms with van der Waals surface area (Å²) in [5.74, 6) is 1.02. The van der Waals surface area contributed by atoms with Gasteiger partial charge in [0.15, 0.2) is 0 Å². The Balaban J connectivity index is 1.52. The monoisotopic (exact) mass is 460 g/mol. The molecule has 0 aliphatic carbocycles. The smallest absolute Gasteiger partial charge is 0.230 e. The van der Waals surface area contributed by atoms with Crippen LogP contribution in [0.1, 0.15) is 49.5 Å². The molecule has 2 aliphatic heterocycles. The highest BCUT2D eigenvalue weighted by molar-refractivity contribution is 9.10. The average molecular weight is 461 g/mol. The van der Waals surface area contributed by atoms with Gasteiger partial charge in [0.1, 0.15) is 5.76 Å². The van der Waals surface area contributed by atoms with Crippen molar-refractivity contribution in [2.45, 2.75) is 43.6 Å². The second-order valence-electron chi connectivity index (χ2n) is 8.04. The van der Waals surface area contributed by atoms with Crippen molar-refractivity contribution >= 4 is 21.8 Å². The fourth-order valence-corrected chi connectivity index (χ4v) is 4.88. The maximum atomic E-state index is 13.5. The van der Waals surface area contributed by atoms with Gasteiger partial charge in [0, 0.05) is 24.2 Å². The molecule has 2 aliphatic rings. The summed E-state index contributed by atoms with van der Waals surface area (Å²) in [5.41, 5.74) is 0.531. The molecule has 1 atom stereocenters. The summed E-state index contributed by atoms with van der Waals surface area (Å²) >= 11 is 3.50. The lowest BCUT2D eigenvalue weighted by atomic mass is 9.73. The molecule has 0 radical (unpaired) electrons. The molecule has 6 heteroatoms. The van der Waals surface area contributed by atoms with Gasteiger partial charge in [-0.2, -0.15) is 0 Å². The van der Waals surface area contributed by atoms with E-state index >= 15 is 0 Å². The SMILES string of the molecule is O=C(NCC(c1ccco1)N1CCCCC1)C1(c2ccc(Br)cc2)CCOCC1. The highest BCUT2D eigenvalue weighted by Gasteiger charge is 2.42. The first-order valence-corrected chi connectivity index (χ1v) is 11.4. The van der Waals surface area contributed by atoms with Gasteiger partial charge >= 0.3 is 0 Å². The minimum Gasteiger partial charge on any atom is -0.468 e. The average Bonchev–Trinajstić information content (AvgIpc) is 3.30. The van der Waals surface area contributed by atoms with E-state index in [2.05, 4.69) is 38.3 Å². The zero-order chi connectivity index (χ0) is 20.1. The van der Waals surface area contributed by atoms with Gasteiger partial charge in [0.2, 0.25) is 5.91 Å². The number of nitrogens with one attached hydrogen (secondary N) is 1. The Labute approximate surface area is 180 Å². The van der Waals surface area contributed by atoms with E-state index in [1.807, 2.05) is 24.3 Å². The van der Waals surface area contributed by atoms with Crippen LogP contribution in [0.2, 0.25) is 0 Å². The zero-order valence-corrected chi connectivity index (χ0v) is 18.3. The van der Waals surface area contributed by atoms with Crippen molar-refractivity contribution in [2.24, 2.45) is 0 Å². The third kappa shape index (κ3) is 4.60. The van der Waals surface area contributed by atoms with Crippen molar-refractivity contribution < 1.29 is 13.9 Å². The number of nitrogens with zero attached hydrogens (tertiary/aromatic N) is 1. The van der Waals surface area contributed by atoms with E-state index in [0.717, 1.165) is 28.9 Å². The third-order valence-corrected chi connectivity index (χ3v) is 6.87. The van der Waals surface area contributed by atoms with Crippen molar-refractivity contribution in [3.05, 3.63) is 58.5 Å². The zero-order valence-electron chi connectivity index (χ0n) is 16.7. The molecule has 0 spiro atoms. The summed E-state index contributed by atoms with van der Waals surface area (Å²) in [6.07, 6.45) is 6.80. The van der Waals surface area contributed by atoms with Crippen molar-refractivity contribution in [1.82, 2.24) is 10.2 Å². The van der Waals surface area contributed by atoms with E-state index in [1.165, 1.54) is 19.3 Å².